The van der Waals surface area contributed by atoms with Crippen molar-refractivity contribution in [1.29, 1.82) is 0 Å². The number of nitrogens with zero attached hydrogens (tertiary/aromatic N) is 1. The molecule has 0 saturated heterocycles. The molecule has 0 unspecified atom stereocenters. The number of pyridine rings is 1. The summed E-state index contributed by atoms with van der Waals surface area (Å²) in [4.78, 5) is 28.3. The van der Waals surface area contributed by atoms with Gasteiger partial charge in [0, 0.05) is 18.8 Å². The average molecular weight is 327 g/mol. The highest BCUT2D eigenvalue weighted by Crippen LogP contribution is 2.38. The van der Waals surface area contributed by atoms with E-state index in [1.807, 2.05) is 18.7 Å². The van der Waals surface area contributed by atoms with E-state index < -0.39 is 0 Å². The molecule has 1 amide bonds. The van der Waals surface area contributed by atoms with Crippen LogP contribution in [0.2, 0.25) is 0 Å². The SMILES string of the molecule is CC(C)N(C[C@@H]1C[C@@H]1C)C(=O)c1c[nH]c(=O)c(Br)c1. The zero-order valence-electron chi connectivity index (χ0n) is 11.4. The van der Waals surface area contributed by atoms with E-state index in [-0.39, 0.29) is 17.5 Å². The van der Waals surface area contributed by atoms with Gasteiger partial charge in [0.1, 0.15) is 0 Å². The highest BCUT2D eigenvalue weighted by molar-refractivity contribution is 9.10. The van der Waals surface area contributed by atoms with Crippen molar-refractivity contribution < 1.29 is 4.79 Å². The van der Waals surface area contributed by atoms with Crippen LogP contribution in [-0.2, 0) is 0 Å². The molecule has 0 aliphatic heterocycles. The molecule has 1 aliphatic rings. The van der Waals surface area contributed by atoms with Crippen LogP contribution in [0.15, 0.2) is 21.5 Å². The third-order valence-corrected chi connectivity index (χ3v) is 4.29. The second kappa shape index (κ2) is 5.49. The largest absolute Gasteiger partial charge is 0.336 e. The number of carbonyl (C=O) groups excluding carboxylic acids is 1. The predicted octanol–water partition coefficient (Wildman–Crippen LogP) is 2.64. The molecule has 1 aliphatic carbocycles. The van der Waals surface area contributed by atoms with E-state index in [1.54, 1.807) is 6.07 Å². The summed E-state index contributed by atoms with van der Waals surface area (Å²) in [5.41, 5.74) is 0.303. The van der Waals surface area contributed by atoms with Crippen LogP contribution in [0, 0.1) is 11.8 Å². The van der Waals surface area contributed by atoms with Gasteiger partial charge in [0.15, 0.2) is 0 Å². The Bertz CT molecular complexity index is 538. The number of amides is 1. The maximum Gasteiger partial charge on any atom is 0.262 e. The standard InChI is InChI=1S/C14H19BrN2O2/c1-8(2)17(7-11-4-9(11)3)14(19)10-5-12(15)13(18)16-6-10/h5-6,8-9,11H,4,7H2,1-3H3,(H,16,18)/t9-,11-/m0/s1. The number of rotatable bonds is 4. The van der Waals surface area contributed by atoms with Crippen LogP contribution in [0.1, 0.15) is 37.6 Å². The number of carbonyl (C=O) groups is 1. The lowest BCUT2D eigenvalue weighted by Gasteiger charge is -2.27. The first-order valence-corrected chi connectivity index (χ1v) is 7.38. The predicted molar refractivity (Wildman–Crippen MR) is 78.2 cm³/mol. The number of aromatic amines is 1. The Labute approximate surface area is 121 Å². The molecule has 1 saturated carbocycles. The van der Waals surface area contributed by atoms with Gasteiger partial charge >= 0.3 is 0 Å². The molecule has 1 aromatic rings. The summed E-state index contributed by atoms with van der Waals surface area (Å²) < 4.78 is 0.391. The van der Waals surface area contributed by atoms with Crippen molar-refractivity contribution in [1.82, 2.24) is 9.88 Å². The minimum atomic E-state index is -0.219. The Balaban J connectivity index is 2.18. The molecule has 2 atom stereocenters. The highest BCUT2D eigenvalue weighted by Gasteiger charge is 2.36. The van der Waals surface area contributed by atoms with Crippen molar-refractivity contribution in [3.05, 3.63) is 32.7 Å². The Morgan fingerprint density at radius 2 is 2.21 bits per heavy atom. The van der Waals surface area contributed by atoms with Crippen molar-refractivity contribution in [2.24, 2.45) is 11.8 Å². The summed E-state index contributed by atoms with van der Waals surface area (Å²) in [6, 6.07) is 1.75. The molecule has 1 heterocycles. The fourth-order valence-corrected chi connectivity index (χ4v) is 2.54. The molecule has 1 fully saturated rings. The van der Waals surface area contributed by atoms with E-state index >= 15 is 0 Å². The van der Waals surface area contributed by atoms with Crippen molar-refractivity contribution in [3.8, 4) is 0 Å². The molecule has 19 heavy (non-hydrogen) atoms. The zero-order valence-corrected chi connectivity index (χ0v) is 13.0. The van der Waals surface area contributed by atoms with Crippen LogP contribution in [-0.4, -0.2) is 28.4 Å². The van der Waals surface area contributed by atoms with Gasteiger partial charge in [-0.2, -0.15) is 0 Å². The Morgan fingerprint density at radius 3 is 2.68 bits per heavy atom. The number of hydrogen-bond acceptors (Lipinski definition) is 2. The van der Waals surface area contributed by atoms with Gasteiger partial charge in [-0.25, -0.2) is 0 Å². The summed E-state index contributed by atoms with van der Waals surface area (Å²) in [7, 11) is 0. The smallest absolute Gasteiger partial charge is 0.262 e. The fourth-order valence-electron chi connectivity index (χ4n) is 2.18. The van der Waals surface area contributed by atoms with Crippen molar-refractivity contribution in [3.63, 3.8) is 0 Å². The monoisotopic (exact) mass is 326 g/mol. The third kappa shape index (κ3) is 3.26. The molecule has 104 valence electrons. The second-order valence-corrected chi connectivity index (χ2v) is 6.44. The molecule has 2 rings (SSSR count). The van der Waals surface area contributed by atoms with Gasteiger partial charge < -0.3 is 9.88 Å². The van der Waals surface area contributed by atoms with Gasteiger partial charge in [-0.1, -0.05) is 6.92 Å². The van der Waals surface area contributed by atoms with Gasteiger partial charge in [0.05, 0.1) is 10.0 Å². The second-order valence-electron chi connectivity index (χ2n) is 5.59. The maximum atomic E-state index is 12.5. The van der Waals surface area contributed by atoms with Crippen molar-refractivity contribution in [2.75, 3.05) is 6.54 Å². The van der Waals surface area contributed by atoms with Gasteiger partial charge in [0.2, 0.25) is 0 Å². The van der Waals surface area contributed by atoms with Crippen LogP contribution in [0.5, 0.6) is 0 Å². The lowest BCUT2D eigenvalue weighted by molar-refractivity contribution is 0.0693. The molecule has 1 aromatic heterocycles. The third-order valence-electron chi connectivity index (χ3n) is 3.70. The Hall–Kier alpha value is -1.10. The van der Waals surface area contributed by atoms with Crippen LogP contribution in [0.25, 0.3) is 0 Å². The van der Waals surface area contributed by atoms with Gasteiger partial charge in [-0.15, -0.1) is 0 Å². The van der Waals surface area contributed by atoms with E-state index in [0.29, 0.717) is 16.0 Å². The minimum Gasteiger partial charge on any atom is -0.336 e. The van der Waals surface area contributed by atoms with Gasteiger partial charge in [0.25, 0.3) is 11.5 Å². The van der Waals surface area contributed by atoms with E-state index in [4.69, 9.17) is 0 Å². The number of aromatic nitrogens is 1. The highest BCUT2D eigenvalue weighted by atomic mass is 79.9. The molecule has 0 spiro atoms. The lowest BCUT2D eigenvalue weighted by Crippen LogP contribution is -2.39. The first-order chi connectivity index (χ1) is 8.90. The topological polar surface area (TPSA) is 53.2 Å². The maximum absolute atomic E-state index is 12.5. The van der Waals surface area contributed by atoms with E-state index in [0.717, 1.165) is 12.5 Å². The molecule has 5 heteroatoms. The summed E-state index contributed by atoms with van der Waals surface area (Å²) >= 11 is 3.16. The first-order valence-electron chi connectivity index (χ1n) is 6.59. The van der Waals surface area contributed by atoms with E-state index in [9.17, 15) is 9.59 Å². The van der Waals surface area contributed by atoms with Crippen LogP contribution in [0.3, 0.4) is 0 Å². The van der Waals surface area contributed by atoms with Gasteiger partial charge in [-0.3, -0.25) is 9.59 Å². The Kier molecular flexibility index (Phi) is 4.13. The summed E-state index contributed by atoms with van der Waals surface area (Å²) in [5, 5.41) is 0. The molecule has 4 nitrogen and oxygen atoms in total. The van der Waals surface area contributed by atoms with Gasteiger partial charge in [-0.05, 0) is 54.1 Å². The molecule has 1 N–H and O–H groups in total. The average Bonchev–Trinajstić information content (AvgIpc) is 3.04. The number of hydrogen-bond donors (Lipinski definition) is 1. The quantitative estimate of drug-likeness (QED) is 0.924. The van der Waals surface area contributed by atoms with Crippen LogP contribution in [0.4, 0.5) is 0 Å². The number of H-pyrrole nitrogens is 1. The van der Waals surface area contributed by atoms with Crippen LogP contribution < -0.4 is 5.56 Å². The zero-order chi connectivity index (χ0) is 14.2. The minimum absolute atomic E-state index is 0.0222. The van der Waals surface area contributed by atoms with E-state index in [1.165, 1.54) is 12.6 Å². The van der Waals surface area contributed by atoms with Crippen LogP contribution >= 0.6 is 15.9 Å². The molecule has 0 aromatic carbocycles. The van der Waals surface area contributed by atoms with E-state index in [2.05, 4.69) is 27.8 Å². The molecular formula is C14H19BrN2O2. The Morgan fingerprint density at radius 1 is 1.58 bits per heavy atom. The number of nitrogens with one attached hydrogen (secondary N) is 1. The summed E-state index contributed by atoms with van der Waals surface area (Å²) in [5.74, 6) is 1.32. The number of halogens is 1. The first kappa shape index (κ1) is 14.3. The molecular weight excluding hydrogens is 308 g/mol. The fraction of sp³-hybridized carbons (Fsp3) is 0.571. The molecule has 0 radical (unpaired) electrons. The molecule has 0 bridgehead atoms. The summed E-state index contributed by atoms with van der Waals surface area (Å²) in [6.45, 7) is 7.05. The van der Waals surface area contributed by atoms with Crippen molar-refractivity contribution >= 4 is 21.8 Å². The summed E-state index contributed by atoms with van der Waals surface area (Å²) in [6.07, 6.45) is 2.69. The lowest BCUT2D eigenvalue weighted by atomic mass is 10.2. The normalized spacial score (nSPS) is 21.5. The van der Waals surface area contributed by atoms with Crippen molar-refractivity contribution in [2.45, 2.75) is 33.2 Å².